The molecule has 2 aromatic rings. The number of nitro groups is 1. The number of benzene rings is 1. The van der Waals surface area contributed by atoms with Crippen molar-refractivity contribution in [2.75, 3.05) is 5.32 Å². The Balaban J connectivity index is 1.74. The molecule has 0 spiro atoms. The number of nitrogens with one attached hydrogen (secondary N) is 2. The Bertz CT molecular complexity index is 725. The van der Waals surface area contributed by atoms with Crippen LogP contribution in [0.15, 0.2) is 18.2 Å². The predicted molar refractivity (Wildman–Crippen MR) is 69.4 cm³/mol. The normalized spacial score (nSPS) is 14.0. The lowest BCUT2D eigenvalue weighted by molar-refractivity contribution is -0.387. The molecule has 0 atom stereocenters. The van der Waals surface area contributed by atoms with Crippen molar-refractivity contribution < 1.29 is 14.1 Å². The van der Waals surface area contributed by atoms with E-state index in [1.54, 1.807) is 0 Å². The van der Waals surface area contributed by atoms with E-state index in [-0.39, 0.29) is 11.5 Å². The molecule has 0 saturated heterocycles. The van der Waals surface area contributed by atoms with Gasteiger partial charge in [0.25, 0.3) is 5.91 Å². The molecule has 1 amide bonds. The maximum Gasteiger partial charge on any atom is 0.304 e. The smallest absolute Gasteiger partial charge is 0.304 e. The molecule has 1 saturated carbocycles. The van der Waals surface area contributed by atoms with Gasteiger partial charge in [0.15, 0.2) is 0 Å². The number of anilines is 1. The van der Waals surface area contributed by atoms with Crippen LogP contribution < -0.4 is 5.32 Å². The fraction of sp³-hybridized carbons (Fsp3) is 0.250. The Morgan fingerprint density at radius 1 is 1.48 bits per heavy atom. The Labute approximate surface area is 117 Å². The number of rotatable bonds is 4. The summed E-state index contributed by atoms with van der Waals surface area (Å²) < 4.78 is 13.4. The third kappa shape index (κ3) is 2.71. The van der Waals surface area contributed by atoms with Gasteiger partial charge in [0, 0.05) is 23.7 Å². The maximum absolute atomic E-state index is 13.4. The molecule has 0 aliphatic heterocycles. The standard InChI is InChI=1S/C12H10FN5O3/c13-8-5-7(3-4-9(8)18(20)21)14-12(19)11-15-10(16-17-11)6-1-2-6/h3-6H,1-2H2,(H,14,19)(H,15,16,17). The second-order valence-electron chi connectivity index (χ2n) is 4.70. The first kappa shape index (κ1) is 13.2. The second-order valence-corrected chi connectivity index (χ2v) is 4.70. The van der Waals surface area contributed by atoms with Crippen LogP contribution in [0.1, 0.15) is 35.2 Å². The molecule has 2 N–H and O–H groups in total. The summed E-state index contributed by atoms with van der Waals surface area (Å²) in [5, 5.41) is 19.4. The summed E-state index contributed by atoms with van der Waals surface area (Å²) in [7, 11) is 0. The zero-order valence-electron chi connectivity index (χ0n) is 10.7. The summed E-state index contributed by atoms with van der Waals surface area (Å²) in [6, 6.07) is 3.11. The summed E-state index contributed by atoms with van der Waals surface area (Å²) in [6.07, 6.45) is 2.04. The van der Waals surface area contributed by atoms with Crippen molar-refractivity contribution in [1.29, 1.82) is 0 Å². The number of carbonyl (C=O) groups excluding carboxylic acids is 1. The van der Waals surface area contributed by atoms with Gasteiger partial charge in [-0.05, 0) is 18.9 Å². The van der Waals surface area contributed by atoms with Crippen LogP contribution >= 0.6 is 0 Å². The number of aromatic nitrogens is 3. The minimum atomic E-state index is -1.02. The molecule has 21 heavy (non-hydrogen) atoms. The van der Waals surface area contributed by atoms with E-state index in [2.05, 4.69) is 20.5 Å². The number of hydrogen-bond acceptors (Lipinski definition) is 5. The Hall–Kier alpha value is -2.84. The van der Waals surface area contributed by atoms with Crippen LogP contribution in [-0.4, -0.2) is 26.0 Å². The average Bonchev–Trinajstić information content (AvgIpc) is 3.16. The van der Waals surface area contributed by atoms with E-state index in [0.717, 1.165) is 25.0 Å². The minimum Gasteiger partial charge on any atom is -0.319 e. The summed E-state index contributed by atoms with van der Waals surface area (Å²) in [4.78, 5) is 25.6. The molecule has 1 fully saturated rings. The third-order valence-electron chi connectivity index (χ3n) is 3.07. The maximum atomic E-state index is 13.4. The van der Waals surface area contributed by atoms with Gasteiger partial charge in [0.2, 0.25) is 11.6 Å². The lowest BCUT2D eigenvalue weighted by atomic mass is 10.2. The van der Waals surface area contributed by atoms with Crippen LogP contribution in [0.5, 0.6) is 0 Å². The van der Waals surface area contributed by atoms with Crippen LogP contribution in [0.4, 0.5) is 15.8 Å². The second kappa shape index (κ2) is 4.93. The highest BCUT2D eigenvalue weighted by Crippen LogP contribution is 2.37. The van der Waals surface area contributed by atoms with Crippen molar-refractivity contribution in [3.8, 4) is 0 Å². The first-order valence-electron chi connectivity index (χ1n) is 6.22. The molecule has 1 aliphatic rings. The van der Waals surface area contributed by atoms with Crippen molar-refractivity contribution >= 4 is 17.3 Å². The molecule has 1 aromatic heterocycles. The van der Waals surface area contributed by atoms with E-state index < -0.39 is 22.3 Å². The average molecular weight is 291 g/mol. The van der Waals surface area contributed by atoms with Crippen LogP contribution in [0.2, 0.25) is 0 Å². The van der Waals surface area contributed by atoms with E-state index in [9.17, 15) is 19.3 Å². The molecule has 1 aliphatic carbocycles. The van der Waals surface area contributed by atoms with Gasteiger partial charge in [0.05, 0.1) is 4.92 Å². The van der Waals surface area contributed by atoms with Gasteiger partial charge >= 0.3 is 5.69 Å². The Morgan fingerprint density at radius 3 is 2.86 bits per heavy atom. The molecule has 0 radical (unpaired) electrons. The molecule has 9 heteroatoms. The zero-order chi connectivity index (χ0) is 15.0. The minimum absolute atomic E-state index is 0.0457. The Kier molecular flexibility index (Phi) is 3.09. The summed E-state index contributed by atoms with van der Waals surface area (Å²) in [5.41, 5.74) is -0.553. The van der Waals surface area contributed by atoms with Crippen LogP contribution in [-0.2, 0) is 0 Å². The van der Waals surface area contributed by atoms with Gasteiger partial charge in [0.1, 0.15) is 5.82 Å². The molecule has 3 rings (SSSR count). The van der Waals surface area contributed by atoms with Crippen molar-refractivity contribution in [3.05, 3.63) is 45.8 Å². The summed E-state index contributed by atoms with van der Waals surface area (Å²) in [5.74, 6) is -0.681. The fourth-order valence-corrected chi connectivity index (χ4v) is 1.83. The Morgan fingerprint density at radius 2 is 2.24 bits per heavy atom. The first-order valence-corrected chi connectivity index (χ1v) is 6.22. The number of aromatic amines is 1. The number of hydrogen-bond donors (Lipinski definition) is 2. The van der Waals surface area contributed by atoms with Crippen LogP contribution in [0, 0.1) is 15.9 Å². The predicted octanol–water partition coefficient (Wildman–Crippen LogP) is 1.98. The number of carbonyl (C=O) groups is 1. The van der Waals surface area contributed by atoms with Crippen molar-refractivity contribution in [2.45, 2.75) is 18.8 Å². The molecular formula is C12H10FN5O3. The van der Waals surface area contributed by atoms with Crippen molar-refractivity contribution in [3.63, 3.8) is 0 Å². The molecule has 1 aromatic carbocycles. The van der Waals surface area contributed by atoms with Crippen LogP contribution in [0.25, 0.3) is 0 Å². The van der Waals surface area contributed by atoms with Crippen molar-refractivity contribution in [2.24, 2.45) is 0 Å². The van der Waals surface area contributed by atoms with E-state index >= 15 is 0 Å². The number of amides is 1. The molecule has 0 bridgehead atoms. The fourth-order valence-electron chi connectivity index (χ4n) is 1.83. The van der Waals surface area contributed by atoms with E-state index in [1.807, 2.05) is 0 Å². The first-order chi connectivity index (χ1) is 10.0. The molecule has 108 valence electrons. The molecular weight excluding hydrogens is 281 g/mol. The third-order valence-corrected chi connectivity index (χ3v) is 3.07. The van der Waals surface area contributed by atoms with E-state index in [4.69, 9.17) is 0 Å². The van der Waals surface area contributed by atoms with Crippen LogP contribution in [0.3, 0.4) is 0 Å². The SMILES string of the molecule is O=C(Nc1ccc([N+](=O)[O-])c(F)c1)c1n[nH]c(C2CC2)n1. The number of halogens is 1. The van der Waals surface area contributed by atoms with E-state index in [0.29, 0.717) is 11.7 Å². The zero-order valence-corrected chi connectivity index (χ0v) is 10.7. The molecule has 8 nitrogen and oxygen atoms in total. The molecule has 1 heterocycles. The quantitative estimate of drug-likeness (QED) is 0.660. The number of nitrogens with zero attached hydrogens (tertiary/aromatic N) is 3. The topological polar surface area (TPSA) is 114 Å². The van der Waals surface area contributed by atoms with Gasteiger partial charge in [-0.25, -0.2) is 4.98 Å². The lowest BCUT2D eigenvalue weighted by Gasteiger charge is -2.02. The highest BCUT2D eigenvalue weighted by molar-refractivity contribution is 6.01. The van der Waals surface area contributed by atoms with Gasteiger partial charge in [-0.15, -0.1) is 5.10 Å². The van der Waals surface area contributed by atoms with Gasteiger partial charge < -0.3 is 5.32 Å². The largest absolute Gasteiger partial charge is 0.319 e. The summed E-state index contributed by atoms with van der Waals surface area (Å²) in [6.45, 7) is 0. The number of H-pyrrole nitrogens is 1. The number of nitro benzene ring substituents is 1. The van der Waals surface area contributed by atoms with E-state index in [1.165, 1.54) is 6.07 Å². The van der Waals surface area contributed by atoms with Gasteiger partial charge in [-0.2, -0.15) is 4.39 Å². The highest BCUT2D eigenvalue weighted by Gasteiger charge is 2.28. The van der Waals surface area contributed by atoms with Gasteiger partial charge in [-0.3, -0.25) is 20.0 Å². The molecule has 0 unspecified atom stereocenters. The van der Waals surface area contributed by atoms with Gasteiger partial charge in [-0.1, -0.05) is 0 Å². The highest BCUT2D eigenvalue weighted by atomic mass is 19.1. The lowest BCUT2D eigenvalue weighted by Crippen LogP contribution is -2.14. The van der Waals surface area contributed by atoms with Crippen molar-refractivity contribution in [1.82, 2.24) is 15.2 Å². The summed E-state index contributed by atoms with van der Waals surface area (Å²) >= 11 is 0. The monoisotopic (exact) mass is 291 g/mol.